The van der Waals surface area contributed by atoms with Gasteiger partial charge in [-0.15, -0.1) is 0 Å². The standard InChI is InChI=1S/C17H9ClF3N3/c1-9-23-17(18)16(24(9)12-4-2-3-11(19)7-12)15-13(20)5-10(8-22)6-14(15)21/h2-7H,1H3. The molecule has 0 aliphatic rings. The molecular weight excluding hydrogens is 339 g/mol. The Morgan fingerprint density at radius 1 is 1.12 bits per heavy atom. The number of nitriles is 1. The van der Waals surface area contributed by atoms with Gasteiger partial charge >= 0.3 is 0 Å². The third kappa shape index (κ3) is 2.63. The summed E-state index contributed by atoms with van der Waals surface area (Å²) in [4.78, 5) is 4.03. The molecule has 0 saturated carbocycles. The summed E-state index contributed by atoms with van der Waals surface area (Å²) >= 11 is 6.07. The zero-order chi connectivity index (χ0) is 17.4. The molecule has 0 aliphatic heterocycles. The molecule has 120 valence electrons. The van der Waals surface area contributed by atoms with Crippen molar-refractivity contribution in [2.45, 2.75) is 6.92 Å². The summed E-state index contributed by atoms with van der Waals surface area (Å²) in [5, 5.41) is 8.68. The van der Waals surface area contributed by atoms with Gasteiger partial charge in [-0.25, -0.2) is 18.2 Å². The predicted molar refractivity (Wildman–Crippen MR) is 83.3 cm³/mol. The molecule has 1 heterocycles. The summed E-state index contributed by atoms with van der Waals surface area (Å²) < 4.78 is 43.7. The van der Waals surface area contributed by atoms with Crippen LogP contribution in [0.25, 0.3) is 16.9 Å². The summed E-state index contributed by atoms with van der Waals surface area (Å²) in [5.74, 6) is -2.08. The van der Waals surface area contributed by atoms with E-state index < -0.39 is 23.0 Å². The first-order chi connectivity index (χ1) is 11.4. The zero-order valence-corrected chi connectivity index (χ0v) is 13.1. The van der Waals surface area contributed by atoms with Gasteiger partial charge in [0.15, 0.2) is 5.15 Å². The summed E-state index contributed by atoms with van der Waals surface area (Å²) in [6.07, 6.45) is 0. The van der Waals surface area contributed by atoms with Crippen LogP contribution in [0.1, 0.15) is 11.4 Å². The van der Waals surface area contributed by atoms with Crippen molar-refractivity contribution in [2.75, 3.05) is 0 Å². The second-order valence-corrected chi connectivity index (χ2v) is 5.40. The molecule has 0 radical (unpaired) electrons. The van der Waals surface area contributed by atoms with Gasteiger partial charge in [0.25, 0.3) is 0 Å². The summed E-state index contributed by atoms with van der Waals surface area (Å²) in [5.41, 5.74) is -0.299. The number of hydrogen-bond acceptors (Lipinski definition) is 2. The van der Waals surface area contributed by atoms with Crippen LogP contribution >= 0.6 is 11.6 Å². The van der Waals surface area contributed by atoms with Crippen LogP contribution in [0.2, 0.25) is 5.15 Å². The quantitative estimate of drug-likeness (QED) is 0.668. The average Bonchev–Trinajstić information content (AvgIpc) is 2.81. The maximum Gasteiger partial charge on any atom is 0.155 e. The molecule has 3 rings (SSSR count). The number of halogens is 4. The fourth-order valence-electron chi connectivity index (χ4n) is 2.51. The highest BCUT2D eigenvalue weighted by Crippen LogP contribution is 2.35. The molecule has 1 aromatic heterocycles. The van der Waals surface area contributed by atoms with E-state index >= 15 is 0 Å². The minimum absolute atomic E-state index is 0.0424. The number of aromatic nitrogens is 2. The second-order valence-electron chi connectivity index (χ2n) is 5.04. The lowest BCUT2D eigenvalue weighted by molar-refractivity contribution is 0.587. The normalized spacial score (nSPS) is 10.7. The Morgan fingerprint density at radius 3 is 2.38 bits per heavy atom. The van der Waals surface area contributed by atoms with E-state index in [1.54, 1.807) is 19.1 Å². The van der Waals surface area contributed by atoms with Crippen molar-refractivity contribution in [2.24, 2.45) is 0 Å². The Labute approximate surface area is 140 Å². The van der Waals surface area contributed by atoms with Gasteiger partial charge in [-0.3, -0.25) is 4.57 Å². The minimum atomic E-state index is -0.953. The van der Waals surface area contributed by atoms with Crippen molar-refractivity contribution in [1.82, 2.24) is 9.55 Å². The monoisotopic (exact) mass is 347 g/mol. The van der Waals surface area contributed by atoms with Crippen LogP contribution in [0, 0.1) is 35.7 Å². The summed E-state index contributed by atoms with van der Waals surface area (Å²) in [7, 11) is 0. The van der Waals surface area contributed by atoms with Crippen LogP contribution in [0.5, 0.6) is 0 Å². The topological polar surface area (TPSA) is 41.6 Å². The van der Waals surface area contributed by atoms with Crippen molar-refractivity contribution < 1.29 is 13.2 Å². The third-order valence-corrected chi connectivity index (χ3v) is 3.74. The maximum atomic E-state index is 14.4. The predicted octanol–water partition coefficient (Wildman–Crippen LogP) is 4.79. The number of benzene rings is 2. The number of rotatable bonds is 2. The molecule has 0 aliphatic carbocycles. The molecule has 3 aromatic rings. The van der Waals surface area contributed by atoms with Crippen LogP contribution in [0.4, 0.5) is 13.2 Å². The van der Waals surface area contributed by atoms with Gasteiger partial charge < -0.3 is 0 Å². The average molecular weight is 348 g/mol. The number of aryl methyl sites for hydroxylation is 1. The minimum Gasteiger partial charge on any atom is -0.295 e. The first-order valence-electron chi connectivity index (χ1n) is 6.82. The molecular formula is C17H9ClF3N3. The van der Waals surface area contributed by atoms with Crippen LogP contribution in [-0.2, 0) is 0 Å². The zero-order valence-electron chi connectivity index (χ0n) is 12.3. The Morgan fingerprint density at radius 2 is 1.79 bits per heavy atom. The molecule has 0 unspecified atom stereocenters. The maximum absolute atomic E-state index is 14.4. The highest BCUT2D eigenvalue weighted by molar-refractivity contribution is 6.32. The summed E-state index contributed by atoms with van der Waals surface area (Å²) in [6.45, 7) is 1.58. The SMILES string of the molecule is Cc1nc(Cl)c(-c2c(F)cc(C#N)cc2F)n1-c1cccc(F)c1. The molecule has 7 heteroatoms. The Bertz CT molecular complexity index is 966. The molecule has 0 N–H and O–H groups in total. The molecule has 0 atom stereocenters. The van der Waals surface area contributed by atoms with Gasteiger partial charge in [0.05, 0.1) is 28.6 Å². The highest BCUT2D eigenvalue weighted by Gasteiger charge is 2.23. The first kappa shape index (κ1) is 16.1. The van der Waals surface area contributed by atoms with Gasteiger partial charge in [-0.2, -0.15) is 5.26 Å². The molecule has 3 nitrogen and oxygen atoms in total. The van der Waals surface area contributed by atoms with Crippen molar-refractivity contribution in [3.8, 4) is 23.0 Å². The Kier molecular flexibility index (Phi) is 4.04. The van der Waals surface area contributed by atoms with Gasteiger partial charge in [0.2, 0.25) is 0 Å². The van der Waals surface area contributed by atoms with Crippen LogP contribution in [0.15, 0.2) is 36.4 Å². The van der Waals surface area contributed by atoms with Crippen molar-refractivity contribution in [3.05, 3.63) is 70.4 Å². The largest absolute Gasteiger partial charge is 0.295 e. The smallest absolute Gasteiger partial charge is 0.155 e. The van der Waals surface area contributed by atoms with E-state index in [2.05, 4.69) is 4.98 Å². The lowest BCUT2D eigenvalue weighted by Gasteiger charge is -2.12. The second kappa shape index (κ2) is 6.02. The number of hydrogen-bond donors (Lipinski definition) is 0. The number of nitrogens with zero attached hydrogens (tertiary/aromatic N) is 3. The van der Waals surface area contributed by atoms with E-state index in [4.69, 9.17) is 16.9 Å². The lowest BCUT2D eigenvalue weighted by atomic mass is 10.1. The van der Waals surface area contributed by atoms with Crippen LogP contribution in [0.3, 0.4) is 0 Å². The Hall–Kier alpha value is -2.78. The van der Waals surface area contributed by atoms with Crippen molar-refractivity contribution >= 4 is 11.6 Å². The van der Waals surface area contributed by atoms with E-state index in [0.29, 0.717) is 11.5 Å². The van der Waals surface area contributed by atoms with Gasteiger partial charge in [-0.05, 0) is 37.3 Å². The molecule has 0 fully saturated rings. The van der Waals surface area contributed by atoms with Crippen LogP contribution in [-0.4, -0.2) is 9.55 Å². The van der Waals surface area contributed by atoms with Gasteiger partial charge in [0.1, 0.15) is 23.3 Å². The van der Waals surface area contributed by atoms with E-state index in [1.165, 1.54) is 22.8 Å². The fourth-order valence-corrected chi connectivity index (χ4v) is 2.81. The van der Waals surface area contributed by atoms with Gasteiger partial charge in [0, 0.05) is 0 Å². The Balaban J connectivity index is 2.34. The van der Waals surface area contributed by atoms with Gasteiger partial charge in [-0.1, -0.05) is 17.7 Å². The molecule has 24 heavy (non-hydrogen) atoms. The molecule has 2 aromatic carbocycles. The van der Waals surface area contributed by atoms with E-state index in [-0.39, 0.29) is 16.4 Å². The first-order valence-corrected chi connectivity index (χ1v) is 7.20. The van der Waals surface area contributed by atoms with E-state index in [0.717, 1.165) is 12.1 Å². The summed E-state index contributed by atoms with van der Waals surface area (Å²) in [6, 6.07) is 8.98. The van der Waals surface area contributed by atoms with Crippen molar-refractivity contribution in [3.63, 3.8) is 0 Å². The van der Waals surface area contributed by atoms with E-state index in [1.807, 2.05) is 0 Å². The molecule has 0 amide bonds. The lowest BCUT2D eigenvalue weighted by Crippen LogP contribution is -2.03. The third-order valence-electron chi connectivity index (χ3n) is 3.48. The fraction of sp³-hybridized carbons (Fsp3) is 0.0588. The molecule has 0 saturated heterocycles. The molecule has 0 bridgehead atoms. The van der Waals surface area contributed by atoms with Crippen molar-refractivity contribution in [1.29, 1.82) is 5.26 Å². The van der Waals surface area contributed by atoms with Crippen LogP contribution < -0.4 is 0 Å². The van der Waals surface area contributed by atoms with E-state index in [9.17, 15) is 13.2 Å². The highest BCUT2D eigenvalue weighted by atomic mass is 35.5. The number of imidazole rings is 1. The molecule has 0 spiro atoms.